The molecule has 1 aliphatic rings. The van der Waals surface area contributed by atoms with Crippen LogP contribution in [0, 0.1) is 12.8 Å². The van der Waals surface area contributed by atoms with Gasteiger partial charge in [0.2, 0.25) is 5.89 Å². The van der Waals surface area contributed by atoms with Crippen LogP contribution in [0.5, 0.6) is 0 Å². The van der Waals surface area contributed by atoms with Crippen molar-refractivity contribution in [2.45, 2.75) is 39.3 Å². The summed E-state index contributed by atoms with van der Waals surface area (Å²) in [4.78, 5) is 6.78. The number of rotatable bonds is 5. The zero-order valence-electron chi connectivity index (χ0n) is 13.2. The van der Waals surface area contributed by atoms with Crippen LogP contribution in [0.1, 0.15) is 36.2 Å². The minimum Gasteiger partial charge on any atom is -0.393 e. The lowest BCUT2D eigenvalue weighted by molar-refractivity contribution is 0.127. The molecule has 0 radical (unpaired) electrons. The Hall–Kier alpha value is -1.72. The van der Waals surface area contributed by atoms with Crippen molar-refractivity contribution in [1.82, 2.24) is 15.0 Å². The van der Waals surface area contributed by atoms with Crippen LogP contribution >= 0.6 is 0 Å². The lowest BCUT2D eigenvalue weighted by atomic mass is 10.0. The molecule has 2 atom stereocenters. The summed E-state index contributed by atoms with van der Waals surface area (Å²) < 4.78 is 5.37. The molecule has 118 valence electrons. The molecule has 0 aliphatic carbocycles. The third-order valence-electron chi connectivity index (χ3n) is 4.47. The molecule has 1 fully saturated rings. The molecule has 1 aromatic carbocycles. The van der Waals surface area contributed by atoms with Crippen molar-refractivity contribution < 1.29 is 9.63 Å². The molecule has 3 rings (SSSR count). The molecule has 0 amide bonds. The second-order valence-electron chi connectivity index (χ2n) is 6.23. The van der Waals surface area contributed by atoms with Gasteiger partial charge < -0.3 is 9.63 Å². The van der Waals surface area contributed by atoms with Crippen LogP contribution in [0.3, 0.4) is 0 Å². The summed E-state index contributed by atoms with van der Waals surface area (Å²) >= 11 is 0. The first kappa shape index (κ1) is 15.2. The maximum Gasteiger partial charge on any atom is 0.231 e. The molecule has 0 bridgehead atoms. The second kappa shape index (κ2) is 6.58. The number of aliphatic hydroxyl groups is 1. The van der Waals surface area contributed by atoms with Crippen LogP contribution in [0.25, 0.3) is 0 Å². The van der Waals surface area contributed by atoms with Crippen LogP contribution < -0.4 is 0 Å². The average molecular weight is 301 g/mol. The Labute approximate surface area is 131 Å². The van der Waals surface area contributed by atoms with E-state index in [0.29, 0.717) is 24.8 Å². The number of nitrogens with zero attached hydrogens (tertiary/aromatic N) is 3. The first-order valence-electron chi connectivity index (χ1n) is 7.88. The number of aromatic nitrogens is 2. The van der Waals surface area contributed by atoms with E-state index in [4.69, 9.17) is 4.52 Å². The molecule has 2 aromatic rings. The number of aryl methyl sites for hydroxylation is 1. The van der Waals surface area contributed by atoms with E-state index in [2.05, 4.69) is 34.1 Å². The maximum absolute atomic E-state index is 9.65. The number of aliphatic hydroxyl groups excluding tert-OH is 1. The molecule has 1 aliphatic heterocycles. The molecule has 1 N–H and O–H groups in total. The Morgan fingerprint density at radius 2 is 2.23 bits per heavy atom. The molecule has 5 heteroatoms. The van der Waals surface area contributed by atoms with Crippen LogP contribution in [0.2, 0.25) is 0 Å². The van der Waals surface area contributed by atoms with Crippen molar-refractivity contribution in [2.24, 2.45) is 5.92 Å². The SMILES string of the molecule is Cc1ccccc1Cc1nc(CN2CCC(C(C)O)C2)no1. The Morgan fingerprint density at radius 3 is 2.95 bits per heavy atom. The number of benzene rings is 1. The van der Waals surface area contributed by atoms with Crippen LogP contribution in [0.15, 0.2) is 28.8 Å². The van der Waals surface area contributed by atoms with Gasteiger partial charge in [0.15, 0.2) is 5.82 Å². The van der Waals surface area contributed by atoms with Gasteiger partial charge in [0.25, 0.3) is 0 Å². The van der Waals surface area contributed by atoms with Crippen molar-refractivity contribution in [1.29, 1.82) is 0 Å². The van der Waals surface area contributed by atoms with Crippen LogP contribution in [0.4, 0.5) is 0 Å². The van der Waals surface area contributed by atoms with Crippen LogP contribution in [-0.2, 0) is 13.0 Å². The van der Waals surface area contributed by atoms with Crippen molar-refractivity contribution >= 4 is 0 Å². The Bertz CT molecular complexity index is 624. The highest BCUT2D eigenvalue weighted by Crippen LogP contribution is 2.21. The molecular weight excluding hydrogens is 278 g/mol. The number of hydrogen-bond donors (Lipinski definition) is 1. The summed E-state index contributed by atoms with van der Waals surface area (Å²) in [5.74, 6) is 1.75. The van der Waals surface area contributed by atoms with Gasteiger partial charge in [-0.25, -0.2) is 0 Å². The van der Waals surface area contributed by atoms with Gasteiger partial charge in [-0.3, -0.25) is 4.90 Å². The van der Waals surface area contributed by atoms with Crippen molar-refractivity contribution in [3.05, 3.63) is 47.1 Å². The van der Waals surface area contributed by atoms with Gasteiger partial charge in [-0.2, -0.15) is 4.98 Å². The Kier molecular flexibility index (Phi) is 4.55. The minimum absolute atomic E-state index is 0.244. The molecule has 1 saturated heterocycles. The summed E-state index contributed by atoms with van der Waals surface area (Å²) in [6.45, 7) is 6.53. The smallest absolute Gasteiger partial charge is 0.231 e. The summed E-state index contributed by atoms with van der Waals surface area (Å²) in [5, 5.41) is 13.7. The molecule has 2 heterocycles. The largest absolute Gasteiger partial charge is 0.393 e. The van der Waals surface area contributed by atoms with Gasteiger partial charge in [0, 0.05) is 6.54 Å². The van der Waals surface area contributed by atoms with E-state index in [-0.39, 0.29) is 6.10 Å². The van der Waals surface area contributed by atoms with E-state index >= 15 is 0 Å². The van der Waals surface area contributed by atoms with Gasteiger partial charge in [-0.15, -0.1) is 0 Å². The molecular formula is C17H23N3O2. The van der Waals surface area contributed by atoms with Gasteiger partial charge in [-0.05, 0) is 43.9 Å². The van der Waals surface area contributed by atoms with E-state index in [1.54, 1.807) is 0 Å². The highest BCUT2D eigenvalue weighted by molar-refractivity contribution is 5.27. The predicted molar refractivity (Wildman–Crippen MR) is 83.3 cm³/mol. The molecule has 1 aromatic heterocycles. The van der Waals surface area contributed by atoms with Crippen molar-refractivity contribution in [3.8, 4) is 0 Å². The van der Waals surface area contributed by atoms with E-state index in [9.17, 15) is 5.11 Å². The highest BCUT2D eigenvalue weighted by atomic mass is 16.5. The average Bonchev–Trinajstić information content (AvgIpc) is 3.12. The van der Waals surface area contributed by atoms with E-state index in [1.165, 1.54) is 11.1 Å². The zero-order valence-corrected chi connectivity index (χ0v) is 13.2. The first-order chi connectivity index (χ1) is 10.6. The van der Waals surface area contributed by atoms with Crippen LogP contribution in [-0.4, -0.2) is 39.3 Å². The monoisotopic (exact) mass is 301 g/mol. The Balaban J connectivity index is 1.59. The third kappa shape index (κ3) is 3.54. The number of hydrogen-bond acceptors (Lipinski definition) is 5. The fraction of sp³-hybridized carbons (Fsp3) is 0.529. The lowest BCUT2D eigenvalue weighted by Crippen LogP contribution is -2.24. The molecule has 22 heavy (non-hydrogen) atoms. The topological polar surface area (TPSA) is 62.4 Å². The third-order valence-corrected chi connectivity index (χ3v) is 4.47. The normalized spacial score (nSPS) is 20.4. The standard InChI is InChI=1S/C17H23N3O2/c1-12-5-3-4-6-14(12)9-17-18-16(19-22-17)11-20-8-7-15(10-20)13(2)21/h3-6,13,15,21H,7-11H2,1-2H3. The lowest BCUT2D eigenvalue weighted by Gasteiger charge is -2.15. The summed E-state index contributed by atoms with van der Waals surface area (Å²) in [7, 11) is 0. The summed E-state index contributed by atoms with van der Waals surface area (Å²) in [6.07, 6.45) is 1.47. The maximum atomic E-state index is 9.65. The van der Waals surface area contributed by atoms with Crippen molar-refractivity contribution in [2.75, 3.05) is 13.1 Å². The first-order valence-corrected chi connectivity index (χ1v) is 7.88. The molecule has 0 spiro atoms. The quantitative estimate of drug-likeness (QED) is 0.917. The van der Waals surface area contributed by atoms with E-state index in [0.717, 1.165) is 25.3 Å². The summed E-state index contributed by atoms with van der Waals surface area (Å²) in [5.41, 5.74) is 2.45. The van der Waals surface area contributed by atoms with Gasteiger partial charge in [0.05, 0.1) is 19.1 Å². The summed E-state index contributed by atoms with van der Waals surface area (Å²) in [6, 6.07) is 8.24. The van der Waals surface area contributed by atoms with Gasteiger partial charge in [-0.1, -0.05) is 29.4 Å². The molecule has 5 nitrogen and oxygen atoms in total. The fourth-order valence-electron chi connectivity index (χ4n) is 3.00. The van der Waals surface area contributed by atoms with E-state index in [1.807, 2.05) is 19.1 Å². The van der Waals surface area contributed by atoms with E-state index < -0.39 is 0 Å². The molecule has 0 saturated carbocycles. The highest BCUT2D eigenvalue weighted by Gasteiger charge is 2.26. The van der Waals surface area contributed by atoms with Gasteiger partial charge in [0.1, 0.15) is 0 Å². The Morgan fingerprint density at radius 1 is 1.41 bits per heavy atom. The minimum atomic E-state index is -0.244. The van der Waals surface area contributed by atoms with Gasteiger partial charge >= 0.3 is 0 Å². The second-order valence-corrected chi connectivity index (χ2v) is 6.23. The fourth-order valence-corrected chi connectivity index (χ4v) is 3.00. The number of likely N-dealkylation sites (tertiary alicyclic amines) is 1. The zero-order chi connectivity index (χ0) is 15.5. The van der Waals surface area contributed by atoms with Crippen molar-refractivity contribution in [3.63, 3.8) is 0 Å². The molecule has 2 unspecified atom stereocenters. The predicted octanol–water partition coefficient (Wildman–Crippen LogP) is 2.17.